The maximum atomic E-state index is 13.1. The lowest BCUT2D eigenvalue weighted by Gasteiger charge is -2.32. The largest absolute Gasteiger partial charge is 0.361 e. The Morgan fingerprint density at radius 2 is 1.86 bits per heavy atom. The van der Waals surface area contributed by atoms with Crippen LogP contribution in [0.2, 0.25) is 0 Å². The van der Waals surface area contributed by atoms with E-state index < -0.39 is 0 Å². The summed E-state index contributed by atoms with van der Waals surface area (Å²) in [5, 5.41) is 4.02. The van der Waals surface area contributed by atoms with Crippen LogP contribution in [0.4, 0.5) is 0 Å². The Labute approximate surface area is 171 Å². The van der Waals surface area contributed by atoms with Gasteiger partial charge in [-0.25, -0.2) is 0 Å². The quantitative estimate of drug-likeness (QED) is 0.793. The highest BCUT2D eigenvalue weighted by atomic mass is 16.5. The Morgan fingerprint density at radius 3 is 2.55 bits per heavy atom. The minimum absolute atomic E-state index is 0.00821. The Balaban J connectivity index is 1.46. The highest BCUT2D eigenvalue weighted by molar-refractivity contribution is 5.96. The van der Waals surface area contributed by atoms with Crippen LogP contribution in [-0.2, 0) is 6.42 Å². The van der Waals surface area contributed by atoms with Crippen molar-refractivity contribution in [2.24, 2.45) is 0 Å². The maximum Gasteiger partial charge on any atom is 0.259 e. The van der Waals surface area contributed by atoms with Crippen molar-refractivity contribution in [1.29, 1.82) is 0 Å². The van der Waals surface area contributed by atoms with Crippen molar-refractivity contribution in [3.63, 3.8) is 0 Å². The van der Waals surface area contributed by atoms with E-state index in [0.29, 0.717) is 29.9 Å². The average Bonchev–Trinajstić information content (AvgIpc) is 3.43. The molecule has 2 aliphatic rings. The molecule has 29 heavy (non-hydrogen) atoms. The van der Waals surface area contributed by atoms with Crippen LogP contribution in [0.3, 0.4) is 0 Å². The van der Waals surface area contributed by atoms with Crippen LogP contribution in [0.1, 0.15) is 76.4 Å². The summed E-state index contributed by atoms with van der Waals surface area (Å²) >= 11 is 0. The van der Waals surface area contributed by atoms with Crippen LogP contribution < -0.4 is 0 Å². The first-order valence-electron chi connectivity index (χ1n) is 10.6. The number of aryl methyl sites for hydroxylation is 2. The molecule has 0 aliphatic carbocycles. The lowest BCUT2D eigenvalue weighted by molar-refractivity contribution is 0.0703. The second-order valence-corrected chi connectivity index (χ2v) is 7.98. The fourth-order valence-corrected chi connectivity index (χ4v) is 4.37. The second-order valence-electron chi connectivity index (χ2n) is 7.98. The summed E-state index contributed by atoms with van der Waals surface area (Å²) in [6.07, 6.45) is 6.43. The normalized spacial score (nSPS) is 19.6. The molecule has 7 heteroatoms. The van der Waals surface area contributed by atoms with E-state index in [1.807, 2.05) is 28.9 Å². The number of amides is 2. The molecular formula is C22H28N4O3. The zero-order chi connectivity index (χ0) is 20.4. The summed E-state index contributed by atoms with van der Waals surface area (Å²) in [6, 6.07) is 3.83. The van der Waals surface area contributed by atoms with E-state index in [1.54, 1.807) is 13.1 Å². The highest BCUT2D eigenvalue weighted by Gasteiger charge is 2.30. The third kappa shape index (κ3) is 3.91. The summed E-state index contributed by atoms with van der Waals surface area (Å²) in [6.45, 7) is 6.79. The van der Waals surface area contributed by atoms with E-state index in [0.717, 1.165) is 56.7 Å². The average molecular weight is 396 g/mol. The number of carbonyl (C=O) groups is 2. The Bertz CT molecular complexity index is 884. The van der Waals surface area contributed by atoms with Crippen molar-refractivity contribution < 1.29 is 14.1 Å². The van der Waals surface area contributed by atoms with Crippen molar-refractivity contribution >= 4 is 11.8 Å². The smallest absolute Gasteiger partial charge is 0.259 e. The van der Waals surface area contributed by atoms with Gasteiger partial charge in [-0.05, 0) is 51.2 Å². The summed E-state index contributed by atoms with van der Waals surface area (Å²) < 4.78 is 5.24. The molecule has 1 atom stereocenters. The van der Waals surface area contributed by atoms with Gasteiger partial charge in [-0.15, -0.1) is 0 Å². The van der Waals surface area contributed by atoms with E-state index >= 15 is 0 Å². The molecule has 2 saturated heterocycles. The molecule has 2 aromatic rings. The zero-order valence-corrected chi connectivity index (χ0v) is 17.2. The molecule has 0 spiro atoms. The maximum absolute atomic E-state index is 13.1. The molecule has 4 rings (SSSR count). The van der Waals surface area contributed by atoms with E-state index in [9.17, 15) is 9.59 Å². The first kappa shape index (κ1) is 19.6. The molecular weight excluding hydrogens is 368 g/mol. The minimum atomic E-state index is -0.00821. The van der Waals surface area contributed by atoms with E-state index in [1.165, 1.54) is 0 Å². The van der Waals surface area contributed by atoms with Crippen LogP contribution in [0.5, 0.6) is 0 Å². The van der Waals surface area contributed by atoms with Gasteiger partial charge in [-0.3, -0.25) is 14.6 Å². The van der Waals surface area contributed by atoms with Gasteiger partial charge < -0.3 is 14.3 Å². The second kappa shape index (κ2) is 8.35. The number of hydrogen-bond donors (Lipinski definition) is 0. The zero-order valence-electron chi connectivity index (χ0n) is 17.2. The van der Waals surface area contributed by atoms with Crippen molar-refractivity contribution in [2.45, 2.75) is 51.9 Å². The predicted molar refractivity (Wildman–Crippen MR) is 108 cm³/mol. The summed E-state index contributed by atoms with van der Waals surface area (Å²) in [5.74, 6) is 0.814. The van der Waals surface area contributed by atoms with Gasteiger partial charge in [0.05, 0.1) is 11.3 Å². The van der Waals surface area contributed by atoms with E-state index in [4.69, 9.17) is 4.52 Å². The van der Waals surface area contributed by atoms with Crippen LogP contribution in [0, 0.1) is 6.92 Å². The van der Waals surface area contributed by atoms with Crippen LogP contribution in [0.25, 0.3) is 0 Å². The fourth-order valence-electron chi connectivity index (χ4n) is 4.37. The van der Waals surface area contributed by atoms with Crippen molar-refractivity contribution in [3.05, 3.63) is 46.6 Å². The number of pyridine rings is 1. The SMILES string of the molecule is CCc1noc(C)c1C(=O)N1CCCC(c2ccc(C(=O)N3CCCC3)cn2)C1. The molecule has 0 radical (unpaired) electrons. The van der Waals surface area contributed by atoms with Gasteiger partial charge in [0.15, 0.2) is 0 Å². The number of hydrogen-bond acceptors (Lipinski definition) is 5. The number of piperidine rings is 1. The summed E-state index contributed by atoms with van der Waals surface area (Å²) in [4.78, 5) is 34.0. The van der Waals surface area contributed by atoms with Crippen LogP contribution >= 0.6 is 0 Å². The molecule has 2 aliphatic heterocycles. The third-order valence-electron chi connectivity index (χ3n) is 6.04. The Kier molecular flexibility index (Phi) is 5.65. The highest BCUT2D eigenvalue weighted by Crippen LogP contribution is 2.28. The Hall–Kier alpha value is -2.70. The molecule has 154 valence electrons. The first-order valence-corrected chi connectivity index (χ1v) is 10.6. The summed E-state index contributed by atoms with van der Waals surface area (Å²) in [7, 11) is 0. The van der Waals surface area contributed by atoms with Gasteiger partial charge in [0.1, 0.15) is 11.3 Å². The fraction of sp³-hybridized carbons (Fsp3) is 0.545. The van der Waals surface area contributed by atoms with Crippen LogP contribution in [0.15, 0.2) is 22.9 Å². The molecule has 2 aromatic heterocycles. The van der Waals surface area contributed by atoms with Gasteiger partial charge >= 0.3 is 0 Å². The molecule has 2 fully saturated rings. The predicted octanol–water partition coefficient (Wildman–Crippen LogP) is 3.20. The lowest BCUT2D eigenvalue weighted by Crippen LogP contribution is -2.39. The van der Waals surface area contributed by atoms with Gasteiger partial charge in [0.2, 0.25) is 0 Å². The van der Waals surface area contributed by atoms with Gasteiger partial charge in [0.25, 0.3) is 11.8 Å². The molecule has 1 unspecified atom stereocenters. The topological polar surface area (TPSA) is 79.5 Å². The molecule has 0 N–H and O–H groups in total. The van der Waals surface area contributed by atoms with Crippen LogP contribution in [-0.4, -0.2) is 57.9 Å². The van der Waals surface area contributed by atoms with E-state index in [2.05, 4.69) is 10.1 Å². The molecule has 7 nitrogen and oxygen atoms in total. The summed E-state index contributed by atoms with van der Waals surface area (Å²) in [5.41, 5.74) is 2.91. The minimum Gasteiger partial charge on any atom is -0.361 e. The number of aromatic nitrogens is 2. The number of carbonyl (C=O) groups excluding carboxylic acids is 2. The monoisotopic (exact) mass is 396 g/mol. The van der Waals surface area contributed by atoms with Gasteiger partial charge in [-0.2, -0.15) is 0 Å². The number of likely N-dealkylation sites (tertiary alicyclic amines) is 2. The van der Waals surface area contributed by atoms with E-state index in [-0.39, 0.29) is 17.7 Å². The third-order valence-corrected chi connectivity index (χ3v) is 6.04. The van der Waals surface area contributed by atoms with Gasteiger partial charge in [0, 0.05) is 44.0 Å². The standard InChI is InChI=1S/C22H28N4O3/c1-3-18-20(15(2)29-24-18)22(28)26-12-6-7-17(14-26)19-9-8-16(13-23-19)21(27)25-10-4-5-11-25/h8-9,13,17H,3-7,10-12,14H2,1-2H3. The Morgan fingerprint density at radius 1 is 1.10 bits per heavy atom. The molecule has 0 bridgehead atoms. The molecule has 0 aromatic carbocycles. The number of rotatable bonds is 4. The molecule has 4 heterocycles. The molecule has 0 saturated carbocycles. The molecule has 2 amide bonds. The van der Waals surface area contributed by atoms with Crippen molar-refractivity contribution in [1.82, 2.24) is 19.9 Å². The van der Waals surface area contributed by atoms with Crippen molar-refractivity contribution in [2.75, 3.05) is 26.2 Å². The first-order chi connectivity index (χ1) is 14.1. The number of nitrogens with zero attached hydrogens (tertiary/aromatic N) is 4. The lowest BCUT2D eigenvalue weighted by atomic mass is 9.93. The van der Waals surface area contributed by atoms with Gasteiger partial charge in [-0.1, -0.05) is 12.1 Å². The van der Waals surface area contributed by atoms with Crippen molar-refractivity contribution in [3.8, 4) is 0 Å².